The van der Waals surface area contributed by atoms with Crippen molar-refractivity contribution in [1.29, 1.82) is 0 Å². The van der Waals surface area contributed by atoms with E-state index >= 15 is 0 Å². The van der Waals surface area contributed by atoms with Gasteiger partial charge in [0.2, 0.25) is 0 Å². The third kappa shape index (κ3) is 7.23. The number of alkyl carbamates (subject to hydrolysis) is 1. The quantitative estimate of drug-likeness (QED) is 0.394. The first-order chi connectivity index (χ1) is 14.8. The fraction of sp³-hybridized carbons (Fsp3) is 0.300. The minimum absolute atomic E-state index is 0.0791. The van der Waals surface area contributed by atoms with Gasteiger partial charge in [-0.05, 0) is 44.5 Å². The van der Waals surface area contributed by atoms with Crippen LogP contribution in [0.1, 0.15) is 38.8 Å². The number of non-ortho nitro benzene ring substituents is 1. The largest absolute Gasteiger partial charge is 0.481 e. The van der Waals surface area contributed by atoms with Crippen molar-refractivity contribution < 1.29 is 32.8 Å². The number of carboxylic acid groups (broad SMARTS) is 1. The van der Waals surface area contributed by atoms with Gasteiger partial charge >= 0.3 is 12.1 Å². The number of nitrogens with one attached hydrogen (secondary N) is 2. The molecular formula is C20H23N3O8S. The van der Waals surface area contributed by atoms with Gasteiger partial charge in [-0.25, -0.2) is 13.2 Å². The Hall–Kier alpha value is -3.67. The molecule has 2 rings (SSSR count). The highest BCUT2D eigenvalue weighted by Crippen LogP contribution is 2.24. The second kappa shape index (κ2) is 9.64. The molecule has 0 saturated heterocycles. The van der Waals surface area contributed by atoms with Gasteiger partial charge in [0.1, 0.15) is 5.60 Å². The first-order valence-electron chi connectivity index (χ1n) is 9.35. The lowest BCUT2D eigenvalue weighted by Gasteiger charge is -2.23. The number of benzene rings is 2. The summed E-state index contributed by atoms with van der Waals surface area (Å²) >= 11 is 0. The van der Waals surface area contributed by atoms with Crippen LogP contribution in [0.4, 0.5) is 16.2 Å². The fourth-order valence-electron chi connectivity index (χ4n) is 2.67. The van der Waals surface area contributed by atoms with E-state index in [2.05, 4.69) is 10.0 Å². The molecule has 0 spiro atoms. The van der Waals surface area contributed by atoms with Crippen LogP contribution >= 0.6 is 0 Å². The molecule has 0 fully saturated rings. The number of carbonyl (C=O) groups is 2. The van der Waals surface area contributed by atoms with Gasteiger partial charge in [-0.2, -0.15) is 0 Å². The predicted molar refractivity (Wildman–Crippen MR) is 115 cm³/mol. The van der Waals surface area contributed by atoms with Crippen LogP contribution in [-0.4, -0.2) is 36.1 Å². The van der Waals surface area contributed by atoms with E-state index in [9.17, 15) is 33.2 Å². The summed E-state index contributed by atoms with van der Waals surface area (Å²) < 4.78 is 32.8. The van der Waals surface area contributed by atoms with Gasteiger partial charge in [0.15, 0.2) is 0 Å². The van der Waals surface area contributed by atoms with Crippen molar-refractivity contribution in [1.82, 2.24) is 5.32 Å². The summed E-state index contributed by atoms with van der Waals surface area (Å²) in [5.74, 6) is -1.19. The molecule has 3 N–H and O–H groups in total. The van der Waals surface area contributed by atoms with Gasteiger partial charge in [-0.1, -0.05) is 18.2 Å². The smallest absolute Gasteiger partial charge is 0.408 e. The standard InChI is InChI=1S/C20H23N3O8S/c1-20(2,3)31-19(26)21-17(12-18(24)25)13-6-4-7-14(10-13)22-32(29,30)16-9-5-8-15(11-16)23(27)28/h4-11,17,22H,12H2,1-3H3,(H,21,26)(H,24,25). The molecule has 0 aliphatic heterocycles. The molecule has 32 heavy (non-hydrogen) atoms. The van der Waals surface area contributed by atoms with E-state index in [1.165, 1.54) is 42.5 Å². The number of nitrogens with zero attached hydrogens (tertiary/aromatic N) is 1. The Kier molecular flexibility index (Phi) is 7.41. The van der Waals surface area contributed by atoms with Crippen molar-refractivity contribution in [2.24, 2.45) is 0 Å². The van der Waals surface area contributed by atoms with Crippen molar-refractivity contribution in [3.8, 4) is 0 Å². The van der Waals surface area contributed by atoms with Gasteiger partial charge in [0.05, 0.1) is 22.3 Å². The topological polar surface area (TPSA) is 165 Å². The fourth-order valence-corrected chi connectivity index (χ4v) is 3.76. The first-order valence-corrected chi connectivity index (χ1v) is 10.8. The molecule has 0 saturated carbocycles. The lowest BCUT2D eigenvalue weighted by molar-refractivity contribution is -0.385. The number of aliphatic carboxylic acids is 1. The van der Waals surface area contributed by atoms with E-state index < -0.39 is 45.1 Å². The highest BCUT2D eigenvalue weighted by atomic mass is 32.2. The van der Waals surface area contributed by atoms with Gasteiger partial charge in [-0.15, -0.1) is 0 Å². The van der Waals surface area contributed by atoms with Gasteiger partial charge < -0.3 is 15.2 Å². The number of nitro groups is 1. The number of nitro benzene ring substituents is 1. The maximum Gasteiger partial charge on any atom is 0.408 e. The van der Waals surface area contributed by atoms with Crippen LogP contribution in [0.3, 0.4) is 0 Å². The number of carboxylic acids is 1. The molecule has 172 valence electrons. The summed E-state index contributed by atoms with van der Waals surface area (Å²) in [4.78, 5) is 33.3. The summed E-state index contributed by atoms with van der Waals surface area (Å²) in [6.45, 7) is 4.96. The number of sulfonamides is 1. The number of anilines is 1. The maximum atomic E-state index is 12.7. The SMILES string of the molecule is CC(C)(C)OC(=O)NC(CC(=O)O)c1cccc(NS(=O)(=O)c2cccc([N+](=O)[O-])c2)c1. The maximum absolute atomic E-state index is 12.7. The predicted octanol–water partition coefficient (Wildman–Crippen LogP) is 3.44. The van der Waals surface area contributed by atoms with Crippen molar-refractivity contribution in [3.05, 3.63) is 64.2 Å². The third-order valence-corrected chi connectivity index (χ3v) is 5.33. The van der Waals surface area contributed by atoms with E-state index in [0.29, 0.717) is 5.56 Å². The Bertz CT molecular complexity index is 1130. The molecule has 11 nitrogen and oxygen atoms in total. The number of amides is 1. The highest BCUT2D eigenvalue weighted by molar-refractivity contribution is 7.92. The summed E-state index contributed by atoms with van der Waals surface area (Å²) in [7, 11) is -4.16. The van der Waals surface area contributed by atoms with Crippen molar-refractivity contribution in [2.45, 2.75) is 43.7 Å². The highest BCUT2D eigenvalue weighted by Gasteiger charge is 2.23. The zero-order valence-corrected chi connectivity index (χ0v) is 18.4. The molecular weight excluding hydrogens is 442 g/mol. The van der Waals surface area contributed by atoms with Gasteiger partial charge in [0, 0.05) is 17.8 Å². The molecule has 2 aromatic rings. The van der Waals surface area contributed by atoms with Crippen LogP contribution in [-0.2, 0) is 19.6 Å². The molecule has 0 aromatic heterocycles. The normalized spacial score (nSPS) is 12.5. The van der Waals surface area contributed by atoms with E-state index in [4.69, 9.17) is 4.74 Å². The van der Waals surface area contributed by atoms with Crippen molar-refractivity contribution in [2.75, 3.05) is 4.72 Å². The Morgan fingerprint density at radius 3 is 2.41 bits per heavy atom. The van der Waals surface area contributed by atoms with E-state index in [1.54, 1.807) is 20.8 Å². The Morgan fingerprint density at radius 2 is 1.81 bits per heavy atom. The van der Waals surface area contributed by atoms with Crippen LogP contribution in [0, 0.1) is 10.1 Å². The Balaban J connectivity index is 2.29. The average molecular weight is 465 g/mol. The molecule has 2 aromatic carbocycles. The summed E-state index contributed by atoms with van der Waals surface area (Å²) in [6.07, 6.45) is -1.30. The second-order valence-electron chi connectivity index (χ2n) is 7.78. The van der Waals surface area contributed by atoms with E-state index in [0.717, 1.165) is 6.07 Å². The molecule has 12 heteroatoms. The third-order valence-electron chi connectivity index (χ3n) is 3.95. The van der Waals surface area contributed by atoms with Crippen molar-refractivity contribution >= 4 is 33.5 Å². The summed E-state index contributed by atoms with van der Waals surface area (Å²) in [6, 6.07) is 9.32. The van der Waals surface area contributed by atoms with Gasteiger partial charge in [0.25, 0.3) is 15.7 Å². The number of ether oxygens (including phenoxy) is 1. The Morgan fingerprint density at radius 1 is 1.16 bits per heavy atom. The van der Waals surface area contributed by atoms with Crippen LogP contribution < -0.4 is 10.0 Å². The summed E-state index contributed by atoms with van der Waals surface area (Å²) in [5, 5.41) is 22.6. The molecule has 0 bridgehead atoms. The molecule has 0 radical (unpaired) electrons. The minimum Gasteiger partial charge on any atom is -0.481 e. The number of rotatable bonds is 8. The number of hydrogen-bond donors (Lipinski definition) is 3. The van der Waals surface area contributed by atoms with Crippen LogP contribution in [0.15, 0.2) is 53.4 Å². The lowest BCUT2D eigenvalue weighted by atomic mass is 10.0. The van der Waals surface area contributed by atoms with Crippen LogP contribution in [0.5, 0.6) is 0 Å². The van der Waals surface area contributed by atoms with Crippen molar-refractivity contribution in [3.63, 3.8) is 0 Å². The van der Waals surface area contributed by atoms with E-state index in [1.807, 2.05) is 0 Å². The molecule has 1 unspecified atom stereocenters. The Labute approximate surface area is 184 Å². The molecule has 0 aliphatic rings. The second-order valence-corrected chi connectivity index (χ2v) is 9.46. The average Bonchev–Trinajstić information content (AvgIpc) is 2.65. The van der Waals surface area contributed by atoms with Crippen LogP contribution in [0.2, 0.25) is 0 Å². The monoisotopic (exact) mass is 465 g/mol. The van der Waals surface area contributed by atoms with Crippen LogP contribution in [0.25, 0.3) is 0 Å². The molecule has 0 heterocycles. The summed E-state index contributed by atoms with van der Waals surface area (Å²) in [5.41, 5.74) is -0.786. The number of hydrogen-bond acceptors (Lipinski definition) is 7. The molecule has 1 amide bonds. The zero-order valence-electron chi connectivity index (χ0n) is 17.6. The molecule has 0 aliphatic carbocycles. The number of carbonyl (C=O) groups excluding carboxylic acids is 1. The van der Waals surface area contributed by atoms with E-state index in [-0.39, 0.29) is 16.3 Å². The van der Waals surface area contributed by atoms with Gasteiger partial charge in [-0.3, -0.25) is 19.6 Å². The zero-order chi connectivity index (χ0) is 24.1. The lowest BCUT2D eigenvalue weighted by Crippen LogP contribution is -2.35. The molecule has 1 atom stereocenters. The minimum atomic E-state index is -4.16. The first kappa shape index (κ1) is 24.6.